The number of nitrogens with zero attached hydrogens (tertiary/aromatic N) is 4. The number of piperidine rings is 1. The molecule has 34 heavy (non-hydrogen) atoms. The van der Waals surface area contributed by atoms with Crippen LogP contribution >= 0.6 is 0 Å². The van der Waals surface area contributed by atoms with Crippen molar-refractivity contribution >= 4 is 27.5 Å². The van der Waals surface area contributed by atoms with Gasteiger partial charge in [0.15, 0.2) is 0 Å². The molecule has 2 amide bonds. The first kappa shape index (κ1) is 25.0. The Morgan fingerprint density at radius 3 is 2.00 bits per heavy atom. The van der Waals surface area contributed by atoms with Gasteiger partial charge in [-0.05, 0) is 56.7 Å². The molecule has 3 saturated heterocycles. The highest BCUT2D eigenvalue weighted by atomic mass is 32.2. The van der Waals surface area contributed by atoms with Crippen molar-refractivity contribution in [3.05, 3.63) is 23.8 Å². The molecule has 0 unspecified atom stereocenters. The fraction of sp³-hybridized carbons (Fsp3) is 0.680. The Kier molecular flexibility index (Phi) is 7.82. The molecule has 0 saturated carbocycles. The lowest BCUT2D eigenvalue weighted by molar-refractivity contribution is -0.136. The Morgan fingerprint density at radius 1 is 0.824 bits per heavy atom. The van der Waals surface area contributed by atoms with E-state index >= 15 is 0 Å². The van der Waals surface area contributed by atoms with Gasteiger partial charge in [0.25, 0.3) is 5.91 Å². The van der Waals surface area contributed by atoms with Crippen LogP contribution < -0.4 is 4.90 Å². The van der Waals surface area contributed by atoms with E-state index in [1.54, 1.807) is 23.1 Å². The number of sulfonamides is 1. The van der Waals surface area contributed by atoms with Crippen LogP contribution in [0.5, 0.6) is 0 Å². The molecule has 0 aromatic heterocycles. The molecule has 0 radical (unpaired) electrons. The first-order valence-electron chi connectivity index (χ1n) is 12.7. The average molecular weight is 491 g/mol. The SMILES string of the molecule is CN(C)S(=O)(=O)c1ccc(N2CCCC2)c(C(=O)N2CCC(C(=O)N3CCCCCC3)CC2)c1. The molecule has 4 rings (SSSR count). The number of anilines is 1. The zero-order valence-electron chi connectivity index (χ0n) is 20.5. The van der Waals surface area contributed by atoms with Crippen molar-refractivity contribution in [1.82, 2.24) is 14.1 Å². The van der Waals surface area contributed by atoms with Crippen molar-refractivity contribution in [3.8, 4) is 0 Å². The van der Waals surface area contributed by atoms with E-state index in [4.69, 9.17) is 0 Å². The summed E-state index contributed by atoms with van der Waals surface area (Å²) in [5.74, 6) is 0.0739. The van der Waals surface area contributed by atoms with E-state index < -0.39 is 10.0 Å². The minimum Gasteiger partial charge on any atom is -0.371 e. The Balaban J connectivity index is 1.51. The molecule has 1 aromatic carbocycles. The Labute approximate surface area is 203 Å². The van der Waals surface area contributed by atoms with E-state index in [-0.39, 0.29) is 22.6 Å². The van der Waals surface area contributed by atoms with Crippen LogP contribution in [-0.2, 0) is 14.8 Å². The Morgan fingerprint density at radius 2 is 1.41 bits per heavy atom. The monoisotopic (exact) mass is 490 g/mol. The summed E-state index contributed by atoms with van der Waals surface area (Å²) in [6, 6.07) is 4.93. The van der Waals surface area contributed by atoms with Gasteiger partial charge in [0.2, 0.25) is 15.9 Å². The normalized spacial score (nSPS) is 20.6. The topological polar surface area (TPSA) is 81.2 Å². The van der Waals surface area contributed by atoms with Crippen LogP contribution in [-0.4, -0.2) is 87.7 Å². The van der Waals surface area contributed by atoms with Crippen LogP contribution in [0.3, 0.4) is 0 Å². The van der Waals surface area contributed by atoms with Gasteiger partial charge in [0.1, 0.15) is 0 Å². The van der Waals surface area contributed by atoms with Crippen LogP contribution in [0.25, 0.3) is 0 Å². The minimum atomic E-state index is -3.65. The predicted molar refractivity (Wildman–Crippen MR) is 132 cm³/mol. The molecule has 0 atom stereocenters. The highest BCUT2D eigenvalue weighted by Crippen LogP contribution is 2.31. The molecule has 3 aliphatic rings. The predicted octanol–water partition coefficient (Wildman–Crippen LogP) is 2.79. The van der Waals surface area contributed by atoms with Crippen molar-refractivity contribution in [2.45, 2.75) is 56.3 Å². The van der Waals surface area contributed by atoms with Crippen LogP contribution in [0.1, 0.15) is 61.7 Å². The largest absolute Gasteiger partial charge is 0.371 e. The second-order valence-corrected chi connectivity index (χ2v) is 12.1. The molecule has 9 heteroatoms. The van der Waals surface area contributed by atoms with E-state index in [0.717, 1.165) is 57.5 Å². The molecule has 1 aromatic rings. The van der Waals surface area contributed by atoms with Gasteiger partial charge in [0, 0.05) is 65.0 Å². The summed E-state index contributed by atoms with van der Waals surface area (Å²) in [7, 11) is -0.651. The number of hydrogen-bond donors (Lipinski definition) is 0. The molecule has 188 valence electrons. The number of benzene rings is 1. The number of carbonyl (C=O) groups excluding carboxylic acids is 2. The molecule has 3 aliphatic heterocycles. The van der Waals surface area contributed by atoms with Gasteiger partial charge in [0.05, 0.1) is 10.5 Å². The highest BCUT2D eigenvalue weighted by Gasteiger charge is 2.33. The summed E-state index contributed by atoms with van der Waals surface area (Å²) in [6.07, 6.45) is 8.00. The minimum absolute atomic E-state index is 0.0272. The van der Waals surface area contributed by atoms with E-state index in [2.05, 4.69) is 4.90 Å². The zero-order chi connectivity index (χ0) is 24.3. The lowest BCUT2D eigenvalue weighted by Gasteiger charge is -2.35. The van der Waals surface area contributed by atoms with Crippen molar-refractivity contribution in [3.63, 3.8) is 0 Å². The zero-order valence-corrected chi connectivity index (χ0v) is 21.4. The van der Waals surface area contributed by atoms with Gasteiger partial charge in [-0.25, -0.2) is 12.7 Å². The second-order valence-electron chi connectivity index (χ2n) is 9.97. The summed E-state index contributed by atoms with van der Waals surface area (Å²) < 4.78 is 26.7. The Hall–Kier alpha value is -2.13. The van der Waals surface area contributed by atoms with Crippen LogP contribution in [0.4, 0.5) is 5.69 Å². The van der Waals surface area contributed by atoms with Crippen LogP contribution in [0.2, 0.25) is 0 Å². The lowest BCUT2D eigenvalue weighted by Crippen LogP contribution is -2.45. The second kappa shape index (κ2) is 10.6. The number of likely N-dealkylation sites (tertiary alicyclic amines) is 2. The summed E-state index contributed by atoms with van der Waals surface area (Å²) in [5, 5.41) is 0. The molecule has 0 bridgehead atoms. The van der Waals surface area contributed by atoms with Crippen molar-refractivity contribution < 1.29 is 18.0 Å². The van der Waals surface area contributed by atoms with Gasteiger partial charge in [-0.3, -0.25) is 9.59 Å². The third-order valence-corrected chi connectivity index (χ3v) is 9.28. The fourth-order valence-corrected chi connectivity index (χ4v) is 6.27. The van der Waals surface area contributed by atoms with E-state index in [1.807, 2.05) is 4.90 Å². The number of carbonyl (C=O) groups is 2. The summed E-state index contributed by atoms with van der Waals surface area (Å²) in [5.41, 5.74) is 1.25. The van der Waals surface area contributed by atoms with Gasteiger partial charge in [-0.2, -0.15) is 0 Å². The van der Waals surface area contributed by atoms with Gasteiger partial charge in [-0.1, -0.05) is 12.8 Å². The highest BCUT2D eigenvalue weighted by molar-refractivity contribution is 7.89. The fourth-order valence-electron chi connectivity index (χ4n) is 5.34. The first-order valence-corrected chi connectivity index (χ1v) is 14.1. The summed E-state index contributed by atoms with van der Waals surface area (Å²) >= 11 is 0. The molecule has 3 fully saturated rings. The number of rotatable bonds is 5. The third kappa shape index (κ3) is 5.25. The van der Waals surface area contributed by atoms with Crippen LogP contribution in [0, 0.1) is 5.92 Å². The van der Waals surface area contributed by atoms with Gasteiger partial charge in [-0.15, -0.1) is 0 Å². The smallest absolute Gasteiger partial charge is 0.256 e. The maximum Gasteiger partial charge on any atom is 0.256 e. The van der Waals surface area contributed by atoms with E-state index in [0.29, 0.717) is 31.5 Å². The molecular weight excluding hydrogens is 452 g/mol. The first-order chi connectivity index (χ1) is 16.3. The maximum atomic E-state index is 13.6. The molecule has 3 heterocycles. The van der Waals surface area contributed by atoms with E-state index in [9.17, 15) is 18.0 Å². The van der Waals surface area contributed by atoms with Crippen molar-refractivity contribution in [1.29, 1.82) is 0 Å². The average Bonchev–Trinajstić information content (AvgIpc) is 3.25. The molecule has 0 N–H and O–H groups in total. The van der Waals surface area contributed by atoms with E-state index in [1.165, 1.54) is 31.2 Å². The van der Waals surface area contributed by atoms with Gasteiger partial charge < -0.3 is 14.7 Å². The number of amides is 2. The lowest BCUT2D eigenvalue weighted by atomic mass is 9.94. The van der Waals surface area contributed by atoms with Gasteiger partial charge >= 0.3 is 0 Å². The summed E-state index contributed by atoms with van der Waals surface area (Å²) in [6.45, 7) is 4.48. The molecular formula is C25H38N4O4S. The van der Waals surface area contributed by atoms with Crippen molar-refractivity contribution in [2.75, 3.05) is 58.3 Å². The third-order valence-electron chi connectivity index (χ3n) is 7.47. The van der Waals surface area contributed by atoms with Crippen LogP contribution in [0.15, 0.2) is 23.1 Å². The maximum absolute atomic E-state index is 13.6. The quantitative estimate of drug-likeness (QED) is 0.634. The molecule has 0 spiro atoms. The summed E-state index contributed by atoms with van der Waals surface area (Å²) in [4.78, 5) is 32.8. The number of hydrogen-bond acceptors (Lipinski definition) is 5. The Bertz CT molecular complexity index is 988. The standard InChI is InChI=1S/C25H38N4O4S/c1-26(2)34(32,33)21-9-10-23(27-13-7-8-14-27)22(19-21)25(31)29-17-11-20(12-18-29)24(30)28-15-5-3-4-6-16-28/h9-10,19-20H,3-8,11-18H2,1-2H3. The molecule has 8 nitrogen and oxygen atoms in total. The van der Waals surface area contributed by atoms with Crippen molar-refractivity contribution in [2.24, 2.45) is 5.92 Å². The molecule has 0 aliphatic carbocycles.